The topological polar surface area (TPSA) is 104 Å². The molecule has 1 aromatic carbocycles. The fraction of sp³-hybridized carbons (Fsp3) is 0.458. The van der Waals surface area contributed by atoms with Gasteiger partial charge in [0, 0.05) is 24.6 Å². The second kappa shape index (κ2) is 9.37. The van der Waals surface area contributed by atoms with Gasteiger partial charge in [-0.2, -0.15) is 13.2 Å². The number of anilines is 2. The Hall–Kier alpha value is -3.34. The number of ether oxygens (including phenoxy) is 3. The first-order valence-electron chi connectivity index (χ1n) is 11.2. The van der Waals surface area contributed by atoms with E-state index < -0.39 is 17.5 Å². The van der Waals surface area contributed by atoms with Crippen molar-refractivity contribution in [2.24, 2.45) is 0 Å². The van der Waals surface area contributed by atoms with E-state index in [-0.39, 0.29) is 18.5 Å². The number of benzene rings is 1. The number of hydrogen-bond donors (Lipinski definition) is 2. The molecule has 0 bridgehead atoms. The molecular formula is C24H28F3N5O3. The summed E-state index contributed by atoms with van der Waals surface area (Å²) < 4.78 is 57.2. The maximum Gasteiger partial charge on any atom is 0.433 e. The number of nitrogens with zero attached hydrogens (tertiary/aromatic N) is 3. The molecule has 1 aliphatic rings. The third kappa shape index (κ3) is 5.50. The molecule has 35 heavy (non-hydrogen) atoms. The molecule has 1 aliphatic heterocycles. The van der Waals surface area contributed by atoms with Crippen LogP contribution in [-0.2, 0) is 17.5 Å². The van der Waals surface area contributed by atoms with Gasteiger partial charge in [0.2, 0.25) is 0 Å². The van der Waals surface area contributed by atoms with E-state index in [1.54, 1.807) is 26.2 Å². The number of nitrogens with one attached hydrogen (secondary N) is 1. The van der Waals surface area contributed by atoms with Crippen molar-refractivity contribution in [1.82, 2.24) is 15.0 Å². The fourth-order valence-corrected chi connectivity index (χ4v) is 4.15. The molecule has 1 unspecified atom stereocenters. The minimum Gasteiger partial charge on any atom is -0.493 e. The van der Waals surface area contributed by atoms with Crippen LogP contribution in [-0.4, -0.2) is 40.4 Å². The van der Waals surface area contributed by atoms with Crippen molar-refractivity contribution >= 4 is 22.5 Å². The lowest BCUT2D eigenvalue weighted by Gasteiger charge is -2.32. The lowest BCUT2D eigenvalue weighted by atomic mass is 9.99. The van der Waals surface area contributed by atoms with Gasteiger partial charge in [0.15, 0.2) is 11.5 Å². The molecule has 0 radical (unpaired) electrons. The summed E-state index contributed by atoms with van der Waals surface area (Å²) >= 11 is 0. The van der Waals surface area contributed by atoms with Crippen LogP contribution < -0.4 is 20.5 Å². The van der Waals surface area contributed by atoms with E-state index in [1.807, 2.05) is 13.8 Å². The predicted molar refractivity (Wildman–Crippen MR) is 125 cm³/mol. The fourth-order valence-electron chi connectivity index (χ4n) is 4.15. The van der Waals surface area contributed by atoms with Crippen molar-refractivity contribution in [3.8, 4) is 11.5 Å². The van der Waals surface area contributed by atoms with E-state index in [4.69, 9.17) is 19.9 Å². The van der Waals surface area contributed by atoms with Gasteiger partial charge in [-0.3, -0.25) is 0 Å². The highest BCUT2D eigenvalue weighted by molar-refractivity contribution is 5.91. The van der Waals surface area contributed by atoms with Gasteiger partial charge < -0.3 is 25.3 Å². The highest BCUT2D eigenvalue weighted by atomic mass is 19.4. The molecular weight excluding hydrogens is 463 g/mol. The molecule has 3 aromatic rings. The average molecular weight is 492 g/mol. The molecule has 4 rings (SSSR count). The SMILES string of the molecule is COc1cc2nc(C)nc(NCc3cc(N)nc(C(F)(F)F)c3)c2cc1OC(C)(C)C1CCCO1. The van der Waals surface area contributed by atoms with Crippen LogP contribution in [0.15, 0.2) is 24.3 Å². The highest BCUT2D eigenvalue weighted by Gasteiger charge is 2.36. The van der Waals surface area contributed by atoms with Crippen LogP contribution in [0.2, 0.25) is 0 Å². The summed E-state index contributed by atoms with van der Waals surface area (Å²) in [5, 5.41) is 3.74. The monoisotopic (exact) mass is 491 g/mol. The van der Waals surface area contributed by atoms with Gasteiger partial charge in [-0.05, 0) is 57.4 Å². The summed E-state index contributed by atoms with van der Waals surface area (Å²) in [5.74, 6) is 1.71. The molecule has 0 amide bonds. The number of hydrogen-bond acceptors (Lipinski definition) is 8. The maximum atomic E-state index is 13.1. The number of fused-ring (bicyclic) bond motifs is 1. The third-order valence-electron chi connectivity index (χ3n) is 5.83. The highest BCUT2D eigenvalue weighted by Crippen LogP contribution is 2.38. The van der Waals surface area contributed by atoms with E-state index in [0.717, 1.165) is 18.9 Å². The number of aryl methyl sites for hydroxylation is 1. The number of aromatic nitrogens is 3. The Balaban J connectivity index is 1.68. The molecule has 3 N–H and O–H groups in total. The van der Waals surface area contributed by atoms with Crippen molar-refractivity contribution in [3.05, 3.63) is 41.3 Å². The van der Waals surface area contributed by atoms with Gasteiger partial charge in [0.1, 0.15) is 28.8 Å². The quantitative estimate of drug-likeness (QED) is 0.481. The number of alkyl halides is 3. The molecule has 8 nitrogen and oxygen atoms in total. The minimum absolute atomic E-state index is 0.0466. The van der Waals surface area contributed by atoms with Crippen LogP contribution in [0.3, 0.4) is 0 Å². The molecule has 188 valence electrons. The summed E-state index contributed by atoms with van der Waals surface area (Å²) in [6, 6.07) is 5.87. The number of nitrogen functional groups attached to an aromatic ring is 1. The van der Waals surface area contributed by atoms with Crippen LogP contribution in [0.4, 0.5) is 24.8 Å². The van der Waals surface area contributed by atoms with Gasteiger partial charge in [-0.15, -0.1) is 0 Å². The Morgan fingerprint density at radius 3 is 2.54 bits per heavy atom. The smallest absolute Gasteiger partial charge is 0.433 e. The number of rotatable bonds is 7. The Bertz CT molecular complexity index is 1230. The van der Waals surface area contributed by atoms with Gasteiger partial charge in [0.05, 0.1) is 18.7 Å². The second-order valence-electron chi connectivity index (χ2n) is 8.98. The summed E-state index contributed by atoms with van der Waals surface area (Å²) in [6.07, 6.45) is -2.79. The molecule has 2 aromatic heterocycles. The van der Waals surface area contributed by atoms with Crippen LogP contribution in [0.1, 0.15) is 43.8 Å². The Morgan fingerprint density at radius 1 is 1.11 bits per heavy atom. The van der Waals surface area contributed by atoms with E-state index in [1.165, 1.54) is 6.07 Å². The molecule has 1 saturated heterocycles. The molecule has 1 atom stereocenters. The zero-order valence-corrected chi connectivity index (χ0v) is 20.0. The molecule has 3 heterocycles. The first-order valence-corrected chi connectivity index (χ1v) is 11.2. The van der Waals surface area contributed by atoms with Crippen LogP contribution in [0.25, 0.3) is 10.9 Å². The van der Waals surface area contributed by atoms with Crippen molar-refractivity contribution in [3.63, 3.8) is 0 Å². The van der Waals surface area contributed by atoms with E-state index in [9.17, 15) is 13.2 Å². The van der Waals surface area contributed by atoms with Gasteiger partial charge in [0.25, 0.3) is 0 Å². The minimum atomic E-state index is -4.60. The lowest BCUT2D eigenvalue weighted by Crippen LogP contribution is -2.41. The van der Waals surface area contributed by atoms with Gasteiger partial charge in [-0.1, -0.05) is 0 Å². The van der Waals surface area contributed by atoms with Gasteiger partial charge in [-0.25, -0.2) is 15.0 Å². The lowest BCUT2D eigenvalue weighted by molar-refractivity contribution is -0.141. The van der Waals surface area contributed by atoms with E-state index >= 15 is 0 Å². The second-order valence-corrected chi connectivity index (χ2v) is 8.98. The van der Waals surface area contributed by atoms with Crippen molar-refractivity contribution in [2.75, 3.05) is 24.8 Å². The number of pyridine rings is 1. The third-order valence-corrected chi connectivity index (χ3v) is 5.83. The first-order chi connectivity index (χ1) is 16.5. The van der Waals surface area contributed by atoms with Gasteiger partial charge >= 0.3 is 6.18 Å². The Labute approximate surface area is 201 Å². The summed E-state index contributed by atoms with van der Waals surface area (Å²) in [7, 11) is 1.55. The summed E-state index contributed by atoms with van der Waals surface area (Å²) in [6.45, 7) is 6.40. The summed E-state index contributed by atoms with van der Waals surface area (Å²) in [4.78, 5) is 12.3. The van der Waals surface area contributed by atoms with Crippen molar-refractivity contribution < 1.29 is 27.4 Å². The van der Waals surface area contributed by atoms with Crippen molar-refractivity contribution in [1.29, 1.82) is 0 Å². The van der Waals surface area contributed by atoms with Crippen LogP contribution in [0, 0.1) is 6.92 Å². The standard InChI is InChI=1S/C24H28F3N5O3/c1-13-30-16-11-17(33-4)18(35-23(2,3)20-6-5-7-34-20)10-15(16)22(31-13)29-12-14-8-19(24(25,26)27)32-21(28)9-14/h8-11,20H,5-7,12H2,1-4H3,(H2,28,32)(H,29,30,31). The van der Waals surface area contributed by atoms with Crippen LogP contribution in [0.5, 0.6) is 11.5 Å². The Kier molecular flexibility index (Phi) is 6.63. The molecule has 0 spiro atoms. The average Bonchev–Trinajstić information content (AvgIpc) is 3.32. The largest absolute Gasteiger partial charge is 0.493 e. The van der Waals surface area contributed by atoms with Crippen molar-refractivity contribution in [2.45, 2.75) is 58.0 Å². The molecule has 0 aliphatic carbocycles. The molecule has 11 heteroatoms. The maximum absolute atomic E-state index is 13.1. The first kappa shape index (κ1) is 24.8. The Morgan fingerprint density at radius 2 is 1.89 bits per heavy atom. The number of methoxy groups -OCH3 is 1. The zero-order valence-electron chi connectivity index (χ0n) is 20.0. The normalized spacial score (nSPS) is 16.5. The van der Waals surface area contributed by atoms with Crippen LogP contribution >= 0.6 is 0 Å². The molecule has 1 fully saturated rings. The molecule has 0 saturated carbocycles. The summed E-state index contributed by atoms with van der Waals surface area (Å²) in [5.41, 5.74) is 4.86. The van der Waals surface area contributed by atoms with E-state index in [0.29, 0.717) is 46.2 Å². The predicted octanol–water partition coefficient (Wildman–Crippen LogP) is 4.89. The number of halogens is 3. The zero-order chi connectivity index (χ0) is 25.4. The number of nitrogens with two attached hydrogens (primary N) is 1. The van der Waals surface area contributed by atoms with E-state index in [2.05, 4.69) is 20.3 Å².